The first-order valence-corrected chi connectivity index (χ1v) is 7.01. The Balaban J connectivity index is 2.30. The second kappa shape index (κ2) is 6.13. The second-order valence-electron chi connectivity index (χ2n) is 4.47. The van der Waals surface area contributed by atoms with Gasteiger partial charge in [0.1, 0.15) is 11.5 Å². The summed E-state index contributed by atoms with van der Waals surface area (Å²) < 4.78 is 1.78. The molecule has 106 valence electrons. The van der Waals surface area contributed by atoms with Crippen LogP contribution in [0.3, 0.4) is 0 Å². The number of ketones is 1. The van der Waals surface area contributed by atoms with Gasteiger partial charge in [-0.05, 0) is 26.3 Å². The molecule has 2 aromatic rings. The molecular weight excluding hydrogens is 276 g/mol. The van der Waals surface area contributed by atoms with Crippen LogP contribution in [0.1, 0.15) is 41.5 Å². The number of halogens is 1. The quantitative estimate of drug-likeness (QED) is 0.795. The number of hydrogen-bond donors (Lipinski definition) is 0. The lowest BCUT2D eigenvalue weighted by Crippen LogP contribution is -2.12. The van der Waals surface area contributed by atoms with Gasteiger partial charge in [0.2, 0.25) is 0 Å². The van der Waals surface area contributed by atoms with Crippen LogP contribution in [0.5, 0.6) is 0 Å². The Hall–Kier alpha value is -1.75. The SMILES string of the molecule is CCc1nn(CC)c(CC(=O)c2ccnc(C)n2)c1Cl. The predicted molar refractivity (Wildman–Crippen MR) is 77.1 cm³/mol. The molecule has 0 fully saturated rings. The number of carbonyl (C=O) groups excluding carboxylic acids is 1. The van der Waals surface area contributed by atoms with Crippen molar-refractivity contribution < 1.29 is 4.79 Å². The maximum Gasteiger partial charge on any atom is 0.187 e. The molecule has 0 atom stereocenters. The summed E-state index contributed by atoms with van der Waals surface area (Å²) in [5.74, 6) is 0.509. The van der Waals surface area contributed by atoms with E-state index in [0.717, 1.165) is 17.8 Å². The van der Waals surface area contributed by atoms with Crippen LogP contribution in [0.4, 0.5) is 0 Å². The van der Waals surface area contributed by atoms with Crippen molar-refractivity contribution >= 4 is 17.4 Å². The van der Waals surface area contributed by atoms with Crippen molar-refractivity contribution in [2.45, 2.75) is 40.2 Å². The number of hydrogen-bond acceptors (Lipinski definition) is 4. The minimum atomic E-state index is -0.0744. The molecule has 0 saturated carbocycles. The van der Waals surface area contributed by atoms with Crippen LogP contribution >= 0.6 is 11.6 Å². The lowest BCUT2D eigenvalue weighted by Gasteiger charge is -2.05. The normalized spacial score (nSPS) is 10.8. The summed E-state index contributed by atoms with van der Waals surface area (Å²) in [5, 5.41) is 5.00. The monoisotopic (exact) mass is 292 g/mol. The summed E-state index contributed by atoms with van der Waals surface area (Å²) in [4.78, 5) is 20.4. The second-order valence-corrected chi connectivity index (χ2v) is 4.84. The fourth-order valence-corrected chi connectivity index (χ4v) is 2.38. The van der Waals surface area contributed by atoms with Crippen LogP contribution in [0.2, 0.25) is 5.02 Å². The molecule has 0 aliphatic heterocycles. The van der Waals surface area contributed by atoms with E-state index in [1.807, 2.05) is 13.8 Å². The molecule has 0 aliphatic rings. The summed E-state index contributed by atoms with van der Waals surface area (Å²) in [5.41, 5.74) is 2.00. The Kier molecular flexibility index (Phi) is 4.49. The largest absolute Gasteiger partial charge is 0.292 e. The van der Waals surface area contributed by atoms with Crippen LogP contribution in [0.15, 0.2) is 12.3 Å². The third-order valence-corrected chi connectivity index (χ3v) is 3.52. The third-order valence-electron chi connectivity index (χ3n) is 3.08. The number of rotatable bonds is 5. The molecule has 0 radical (unpaired) electrons. The van der Waals surface area contributed by atoms with Gasteiger partial charge in [-0.1, -0.05) is 18.5 Å². The topological polar surface area (TPSA) is 60.7 Å². The third kappa shape index (κ3) is 2.88. The highest BCUT2D eigenvalue weighted by Crippen LogP contribution is 2.23. The van der Waals surface area contributed by atoms with Gasteiger partial charge in [-0.3, -0.25) is 9.48 Å². The first-order chi connectivity index (χ1) is 9.56. The molecule has 0 aliphatic carbocycles. The average molecular weight is 293 g/mol. The molecule has 20 heavy (non-hydrogen) atoms. The maximum absolute atomic E-state index is 12.3. The molecule has 2 heterocycles. The summed E-state index contributed by atoms with van der Waals surface area (Å²) in [6, 6.07) is 1.62. The van der Waals surface area contributed by atoms with Crippen LogP contribution < -0.4 is 0 Å². The lowest BCUT2D eigenvalue weighted by atomic mass is 10.1. The van der Waals surface area contributed by atoms with Crippen molar-refractivity contribution in [3.8, 4) is 0 Å². The van der Waals surface area contributed by atoms with Crippen molar-refractivity contribution in [3.05, 3.63) is 40.2 Å². The van der Waals surface area contributed by atoms with Gasteiger partial charge < -0.3 is 0 Å². The van der Waals surface area contributed by atoms with Crippen molar-refractivity contribution in [3.63, 3.8) is 0 Å². The van der Waals surface area contributed by atoms with Gasteiger partial charge >= 0.3 is 0 Å². The van der Waals surface area contributed by atoms with Gasteiger partial charge in [0, 0.05) is 12.7 Å². The zero-order chi connectivity index (χ0) is 14.7. The molecule has 0 unspecified atom stereocenters. The van der Waals surface area contributed by atoms with Gasteiger partial charge in [0.25, 0.3) is 0 Å². The van der Waals surface area contributed by atoms with Crippen LogP contribution in [0, 0.1) is 6.92 Å². The zero-order valence-corrected chi connectivity index (χ0v) is 12.6. The van der Waals surface area contributed by atoms with Gasteiger partial charge in [0.15, 0.2) is 5.78 Å². The van der Waals surface area contributed by atoms with Crippen molar-refractivity contribution in [1.29, 1.82) is 0 Å². The summed E-state index contributed by atoms with van der Waals surface area (Å²) >= 11 is 6.30. The van der Waals surface area contributed by atoms with Gasteiger partial charge in [-0.2, -0.15) is 5.10 Å². The summed E-state index contributed by atoms with van der Waals surface area (Å²) in [6.07, 6.45) is 2.54. The smallest absolute Gasteiger partial charge is 0.187 e. The maximum atomic E-state index is 12.3. The molecule has 2 aromatic heterocycles. The van der Waals surface area contributed by atoms with E-state index in [-0.39, 0.29) is 12.2 Å². The van der Waals surface area contributed by atoms with E-state index in [1.165, 1.54) is 0 Å². The average Bonchev–Trinajstić information content (AvgIpc) is 2.75. The molecule has 0 N–H and O–H groups in total. The zero-order valence-electron chi connectivity index (χ0n) is 11.9. The Bertz CT molecular complexity index is 636. The van der Waals surface area contributed by atoms with Crippen LogP contribution in [0.25, 0.3) is 0 Å². The van der Waals surface area contributed by atoms with E-state index in [1.54, 1.807) is 23.9 Å². The molecule has 2 rings (SSSR count). The minimum absolute atomic E-state index is 0.0744. The van der Waals surface area contributed by atoms with E-state index < -0.39 is 0 Å². The number of aryl methyl sites for hydroxylation is 3. The first kappa shape index (κ1) is 14.7. The minimum Gasteiger partial charge on any atom is -0.292 e. The Morgan fingerprint density at radius 1 is 1.40 bits per heavy atom. The van der Waals surface area contributed by atoms with E-state index >= 15 is 0 Å². The molecule has 5 nitrogen and oxygen atoms in total. The number of Topliss-reactive ketones (excluding diaryl/α,β-unsaturated/α-hetero) is 1. The van der Waals surface area contributed by atoms with Crippen molar-refractivity contribution in [2.24, 2.45) is 0 Å². The summed E-state index contributed by atoms with van der Waals surface area (Å²) in [7, 11) is 0. The molecule has 0 aromatic carbocycles. The summed E-state index contributed by atoms with van der Waals surface area (Å²) in [6.45, 7) is 6.42. The van der Waals surface area contributed by atoms with Gasteiger partial charge in [0.05, 0.1) is 22.8 Å². The fourth-order valence-electron chi connectivity index (χ4n) is 2.04. The molecule has 6 heteroatoms. The highest BCUT2D eigenvalue weighted by atomic mass is 35.5. The van der Waals surface area contributed by atoms with Gasteiger partial charge in [-0.15, -0.1) is 0 Å². The van der Waals surface area contributed by atoms with Crippen LogP contribution in [-0.4, -0.2) is 25.5 Å². The molecule has 0 spiro atoms. The Morgan fingerprint density at radius 3 is 2.75 bits per heavy atom. The Labute approximate surface area is 123 Å². The van der Waals surface area contributed by atoms with Crippen LogP contribution in [-0.2, 0) is 19.4 Å². The van der Waals surface area contributed by atoms with E-state index in [4.69, 9.17) is 11.6 Å². The number of nitrogens with zero attached hydrogens (tertiary/aromatic N) is 4. The van der Waals surface area contributed by atoms with Crippen molar-refractivity contribution in [1.82, 2.24) is 19.7 Å². The number of carbonyl (C=O) groups is 1. The fraction of sp³-hybridized carbons (Fsp3) is 0.429. The number of aromatic nitrogens is 4. The highest BCUT2D eigenvalue weighted by molar-refractivity contribution is 6.32. The first-order valence-electron chi connectivity index (χ1n) is 6.63. The van der Waals surface area contributed by atoms with Gasteiger partial charge in [-0.25, -0.2) is 9.97 Å². The highest BCUT2D eigenvalue weighted by Gasteiger charge is 2.18. The van der Waals surface area contributed by atoms with Crippen molar-refractivity contribution in [2.75, 3.05) is 0 Å². The Morgan fingerprint density at radius 2 is 2.15 bits per heavy atom. The molecule has 0 bridgehead atoms. The lowest BCUT2D eigenvalue weighted by molar-refractivity contribution is 0.0985. The van der Waals surface area contributed by atoms with E-state index in [0.29, 0.717) is 23.1 Å². The molecular formula is C14H17ClN4O. The van der Waals surface area contributed by atoms with E-state index in [9.17, 15) is 4.79 Å². The van der Waals surface area contributed by atoms with E-state index in [2.05, 4.69) is 15.1 Å². The molecule has 0 amide bonds. The standard InChI is InChI=1S/C14H17ClN4O/c1-4-10-14(15)12(19(5-2)18-10)8-13(20)11-6-7-16-9(3)17-11/h6-7H,4-5,8H2,1-3H3. The predicted octanol–water partition coefficient (Wildman–Crippen LogP) is 2.64. The molecule has 0 saturated heterocycles.